The second kappa shape index (κ2) is 5.19. The molecule has 1 unspecified atom stereocenters. The molecule has 1 aromatic rings. The van der Waals surface area contributed by atoms with Crippen LogP contribution in [0.25, 0.3) is 0 Å². The van der Waals surface area contributed by atoms with E-state index in [1.54, 1.807) is 13.2 Å². The standard InChI is InChI=1S/C10H16N4O3S/c1-17-9-6-12-5-8(9)14-10-3-2-7(4-13-10)18(11,15)16/h2-4,8-9,12H,5-6H2,1H3,(H,13,14)(H2,11,15,16)/t8?,9-/m0/s1. The third kappa shape index (κ3) is 2.96. The summed E-state index contributed by atoms with van der Waals surface area (Å²) >= 11 is 0. The van der Waals surface area contributed by atoms with Crippen molar-refractivity contribution in [1.82, 2.24) is 10.3 Å². The van der Waals surface area contributed by atoms with Crippen LogP contribution in [0.4, 0.5) is 5.82 Å². The number of pyridine rings is 1. The van der Waals surface area contributed by atoms with Gasteiger partial charge in [-0.15, -0.1) is 0 Å². The van der Waals surface area contributed by atoms with Crippen LogP contribution in [0.15, 0.2) is 23.2 Å². The largest absolute Gasteiger partial charge is 0.378 e. The van der Waals surface area contributed by atoms with E-state index in [0.29, 0.717) is 5.82 Å². The molecular weight excluding hydrogens is 256 g/mol. The molecule has 0 spiro atoms. The van der Waals surface area contributed by atoms with E-state index in [1.807, 2.05) is 0 Å². The van der Waals surface area contributed by atoms with Crippen molar-refractivity contribution in [2.75, 3.05) is 25.5 Å². The van der Waals surface area contributed by atoms with Gasteiger partial charge in [-0.25, -0.2) is 18.5 Å². The minimum Gasteiger partial charge on any atom is -0.378 e. The van der Waals surface area contributed by atoms with E-state index < -0.39 is 10.0 Å². The van der Waals surface area contributed by atoms with Gasteiger partial charge in [0.2, 0.25) is 10.0 Å². The number of primary sulfonamides is 1. The molecule has 2 heterocycles. The summed E-state index contributed by atoms with van der Waals surface area (Å²) in [5.74, 6) is 0.596. The summed E-state index contributed by atoms with van der Waals surface area (Å²) in [5, 5.41) is 11.4. The molecule has 1 aliphatic rings. The zero-order valence-corrected chi connectivity index (χ0v) is 10.8. The highest BCUT2D eigenvalue weighted by Crippen LogP contribution is 2.13. The van der Waals surface area contributed by atoms with Gasteiger partial charge < -0.3 is 15.4 Å². The first-order valence-electron chi connectivity index (χ1n) is 5.49. The van der Waals surface area contributed by atoms with Gasteiger partial charge in [0.05, 0.1) is 12.1 Å². The van der Waals surface area contributed by atoms with Gasteiger partial charge in [-0.3, -0.25) is 0 Å². The Morgan fingerprint density at radius 1 is 1.50 bits per heavy atom. The molecule has 1 saturated heterocycles. The maximum atomic E-state index is 11.1. The Hall–Kier alpha value is -1.22. The fourth-order valence-corrected chi connectivity index (χ4v) is 2.33. The molecule has 1 aliphatic heterocycles. The monoisotopic (exact) mass is 272 g/mol. The number of rotatable bonds is 4. The molecule has 2 atom stereocenters. The summed E-state index contributed by atoms with van der Waals surface area (Å²) in [6, 6.07) is 3.13. The van der Waals surface area contributed by atoms with Gasteiger partial charge in [-0.1, -0.05) is 0 Å². The van der Waals surface area contributed by atoms with E-state index in [2.05, 4.69) is 15.6 Å². The van der Waals surface area contributed by atoms with Crippen LogP contribution >= 0.6 is 0 Å². The second-order valence-electron chi connectivity index (χ2n) is 4.11. The number of anilines is 1. The average Bonchev–Trinajstić information content (AvgIpc) is 2.76. The van der Waals surface area contributed by atoms with Crippen molar-refractivity contribution in [3.05, 3.63) is 18.3 Å². The van der Waals surface area contributed by atoms with Gasteiger partial charge in [-0.2, -0.15) is 0 Å². The predicted octanol–water partition coefficient (Wildman–Crippen LogP) is -0.872. The molecule has 1 aromatic heterocycles. The molecule has 0 radical (unpaired) electrons. The number of aromatic nitrogens is 1. The van der Waals surface area contributed by atoms with Crippen LogP contribution in [-0.4, -0.2) is 45.7 Å². The Morgan fingerprint density at radius 3 is 2.83 bits per heavy atom. The molecule has 1 fully saturated rings. The van der Waals surface area contributed by atoms with E-state index in [9.17, 15) is 8.42 Å². The smallest absolute Gasteiger partial charge is 0.239 e. The van der Waals surface area contributed by atoms with Crippen molar-refractivity contribution >= 4 is 15.8 Å². The van der Waals surface area contributed by atoms with Crippen LogP contribution in [0.5, 0.6) is 0 Å². The van der Waals surface area contributed by atoms with Crippen molar-refractivity contribution in [2.45, 2.75) is 17.0 Å². The third-order valence-electron chi connectivity index (χ3n) is 2.86. The zero-order chi connectivity index (χ0) is 13.2. The highest BCUT2D eigenvalue weighted by molar-refractivity contribution is 7.89. The number of ether oxygens (including phenoxy) is 1. The fourth-order valence-electron chi connectivity index (χ4n) is 1.87. The first-order chi connectivity index (χ1) is 8.50. The maximum Gasteiger partial charge on any atom is 0.239 e. The zero-order valence-electron chi connectivity index (χ0n) is 9.96. The Bertz CT molecular complexity index is 502. The lowest BCUT2D eigenvalue weighted by molar-refractivity contribution is 0.111. The lowest BCUT2D eigenvalue weighted by Crippen LogP contribution is -2.33. The lowest BCUT2D eigenvalue weighted by atomic mass is 10.2. The Balaban J connectivity index is 2.07. The van der Waals surface area contributed by atoms with Crippen molar-refractivity contribution in [3.8, 4) is 0 Å². The van der Waals surface area contributed by atoms with Crippen LogP contribution in [0.3, 0.4) is 0 Å². The number of nitrogens with one attached hydrogen (secondary N) is 2. The summed E-state index contributed by atoms with van der Waals surface area (Å²) in [5.41, 5.74) is 0. The number of sulfonamides is 1. The van der Waals surface area contributed by atoms with Crippen molar-refractivity contribution < 1.29 is 13.2 Å². The molecular formula is C10H16N4O3S. The Labute approximate surface area is 106 Å². The molecule has 8 heteroatoms. The van der Waals surface area contributed by atoms with E-state index >= 15 is 0 Å². The minimum atomic E-state index is -3.69. The molecule has 100 valence electrons. The van der Waals surface area contributed by atoms with Crippen molar-refractivity contribution in [2.24, 2.45) is 5.14 Å². The van der Waals surface area contributed by atoms with Crippen LogP contribution < -0.4 is 15.8 Å². The molecule has 0 aromatic carbocycles. The Morgan fingerprint density at radius 2 is 2.28 bits per heavy atom. The van der Waals surface area contributed by atoms with E-state index in [1.165, 1.54) is 12.3 Å². The Kier molecular flexibility index (Phi) is 3.81. The molecule has 0 bridgehead atoms. The molecule has 0 aliphatic carbocycles. The highest BCUT2D eigenvalue weighted by Gasteiger charge is 2.26. The molecule has 7 nitrogen and oxygen atoms in total. The molecule has 4 N–H and O–H groups in total. The van der Waals surface area contributed by atoms with Gasteiger partial charge in [0, 0.05) is 26.4 Å². The van der Waals surface area contributed by atoms with Crippen molar-refractivity contribution in [1.29, 1.82) is 0 Å². The SMILES string of the molecule is CO[C@H]1CNCC1Nc1ccc(S(N)(=O)=O)cn1. The lowest BCUT2D eigenvalue weighted by Gasteiger charge is -2.19. The number of nitrogens with two attached hydrogens (primary N) is 1. The second-order valence-corrected chi connectivity index (χ2v) is 5.67. The summed E-state index contributed by atoms with van der Waals surface area (Å²) in [7, 11) is -2.03. The van der Waals surface area contributed by atoms with E-state index in [-0.39, 0.29) is 17.0 Å². The minimum absolute atomic E-state index is 0.000823. The molecule has 0 saturated carbocycles. The van der Waals surface area contributed by atoms with E-state index in [4.69, 9.17) is 9.88 Å². The third-order valence-corrected chi connectivity index (χ3v) is 3.76. The van der Waals surface area contributed by atoms with Gasteiger partial charge in [-0.05, 0) is 12.1 Å². The first-order valence-corrected chi connectivity index (χ1v) is 7.04. The molecule has 18 heavy (non-hydrogen) atoms. The number of hydrogen-bond acceptors (Lipinski definition) is 6. The normalized spacial score (nSPS) is 24.1. The topological polar surface area (TPSA) is 106 Å². The summed E-state index contributed by atoms with van der Waals surface area (Å²) < 4.78 is 27.5. The number of hydrogen-bond donors (Lipinski definition) is 3. The van der Waals surface area contributed by atoms with Gasteiger partial charge in [0.1, 0.15) is 10.7 Å². The van der Waals surface area contributed by atoms with Gasteiger partial charge in [0.15, 0.2) is 0 Å². The summed E-state index contributed by atoms with van der Waals surface area (Å²) in [6.45, 7) is 1.56. The van der Waals surface area contributed by atoms with E-state index in [0.717, 1.165) is 13.1 Å². The quantitative estimate of drug-likeness (QED) is 0.657. The van der Waals surface area contributed by atoms with Crippen LogP contribution in [0.2, 0.25) is 0 Å². The van der Waals surface area contributed by atoms with Gasteiger partial charge in [0.25, 0.3) is 0 Å². The average molecular weight is 272 g/mol. The van der Waals surface area contributed by atoms with Crippen LogP contribution in [0, 0.1) is 0 Å². The summed E-state index contributed by atoms with van der Waals surface area (Å²) in [6.07, 6.45) is 1.31. The number of methoxy groups -OCH3 is 1. The van der Waals surface area contributed by atoms with Crippen LogP contribution in [-0.2, 0) is 14.8 Å². The first kappa shape index (κ1) is 13.2. The highest BCUT2D eigenvalue weighted by atomic mass is 32.2. The predicted molar refractivity (Wildman–Crippen MR) is 66.7 cm³/mol. The molecule has 0 amide bonds. The van der Waals surface area contributed by atoms with Gasteiger partial charge >= 0.3 is 0 Å². The van der Waals surface area contributed by atoms with Crippen LogP contribution in [0.1, 0.15) is 0 Å². The maximum absolute atomic E-state index is 11.1. The molecule has 2 rings (SSSR count). The van der Waals surface area contributed by atoms with Crippen molar-refractivity contribution in [3.63, 3.8) is 0 Å². The fraction of sp³-hybridized carbons (Fsp3) is 0.500. The summed E-state index contributed by atoms with van der Waals surface area (Å²) in [4.78, 5) is 4.02. The number of nitrogens with zero attached hydrogens (tertiary/aromatic N) is 1.